The number of hydrogen-bond donors (Lipinski definition) is 2. The number of rotatable bonds is 6. The first kappa shape index (κ1) is 17.7. The topological polar surface area (TPSA) is 12.0 Å². The molecule has 1 N–H and O–H groups in total. The fraction of sp³-hybridized carbons (Fsp3) is 0.579. The average Bonchev–Trinajstić information content (AvgIpc) is 2.92. The van der Waals surface area contributed by atoms with Crippen LogP contribution in [-0.2, 0) is 0 Å². The number of aryl methyl sites for hydroxylation is 1. The average molecular weight is 338 g/mol. The highest BCUT2D eigenvalue weighted by Gasteiger charge is 2.36. The standard InChI is InChI=1S/C19H28ClNS/c1-13(2)7-10-19(8-5-6-9-19)15(4)21-17-12-16(20)14(3)11-18(17)22/h11-13,21-22H,4-10H2,1-3H3. The van der Waals surface area contributed by atoms with Crippen molar-refractivity contribution in [3.8, 4) is 0 Å². The fourth-order valence-electron chi connectivity index (χ4n) is 3.38. The van der Waals surface area contributed by atoms with Crippen molar-refractivity contribution < 1.29 is 0 Å². The molecule has 0 aliphatic heterocycles. The van der Waals surface area contributed by atoms with Crippen LogP contribution in [0.1, 0.15) is 57.9 Å². The molecule has 1 aliphatic carbocycles. The molecule has 0 bridgehead atoms. The second-order valence-corrected chi connectivity index (χ2v) is 8.03. The molecule has 0 radical (unpaired) electrons. The summed E-state index contributed by atoms with van der Waals surface area (Å²) < 4.78 is 0. The lowest BCUT2D eigenvalue weighted by molar-refractivity contribution is 0.309. The van der Waals surface area contributed by atoms with Crippen LogP contribution in [-0.4, -0.2) is 0 Å². The minimum absolute atomic E-state index is 0.238. The van der Waals surface area contributed by atoms with Crippen molar-refractivity contribution in [2.24, 2.45) is 11.3 Å². The minimum Gasteiger partial charge on any atom is -0.358 e. The Labute approximate surface area is 145 Å². The van der Waals surface area contributed by atoms with Gasteiger partial charge in [0.25, 0.3) is 0 Å². The van der Waals surface area contributed by atoms with Gasteiger partial charge in [-0.1, -0.05) is 51.3 Å². The summed E-state index contributed by atoms with van der Waals surface area (Å²) in [6.45, 7) is 11.0. The molecule has 22 heavy (non-hydrogen) atoms. The third-order valence-corrected chi connectivity index (χ3v) is 5.74. The highest BCUT2D eigenvalue weighted by atomic mass is 35.5. The monoisotopic (exact) mass is 337 g/mol. The van der Waals surface area contributed by atoms with Crippen LogP contribution in [0.5, 0.6) is 0 Å². The normalized spacial score (nSPS) is 17.0. The van der Waals surface area contributed by atoms with E-state index in [-0.39, 0.29) is 5.41 Å². The third kappa shape index (κ3) is 4.02. The lowest BCUT2D eigenvalue weighted by Gasteiger charge is -2.33. The van der Waals surface area contributed by atoms with Gasteiger partial charge in [0.2, 0.25) is 0 Å². The van der Waals surface area contributed by atoms with Gasteiger partial charge < -0.3 is 5.32 Å². The number of thiol groups is 1. The Hall–Kier alpha value is -0.600. The van der Waals surface area contributed by atoms with E-state index in [1.54, 1.807) is 0 Å². The van der Waals surface area contributed by atoms with Gasteiger partial charge in [0.15, 0.2) is 0 Å². The predicted molar refractivity (Wildman–Crippen MR) is 101 cm³/mol. The molecule has 0 heterocycles. The second-order valence-electron chi connectivity index (χ2n) is 7.14. The van der Waals surface area contributed by atoms with E-state index in [1.807, 2.05) is 19.1 Å². The second kappa shape index (κ2) is 7.31. The van der Waals surface area contributed by atoms with E-state index in [2.05, 4.69) is 38.4 Å². The maximum atomic E-state index is 6.26. The van der Waals surface area contributed by atoms with Gasteiger partial charge in [-0.05, 0) is 49.8 Å². The fourth-order valence-corrected chi connectivity index (χ4v) is 3.86. The van der Waals surface area contributed by atoms with Crippen molar-refractivity contribution >= 4 is 29.9 Å². The number of allylic oxidation sites excluding steroid dienone is 1. The zero-order chi connectivity index (χ0) is 16.3. The molecule has 0 atom stereocenters. The van der Waals surface area contributed by atoms with E-state index >= 15 is 0 Å². The lowest BCUT2D eigenvalue weighted by Crippen LogP contribution is -2.24. The summed E-state index contributed by atoms with van der Waals surface area (Å²) >= 11 is 10.8. The molecule has 0 aromatic heterocycles. The molecule has 1 aromatic rings. The molecule has 1 fully saturated rings. The van der Waals surface area contributed by atoms with Crippen molar-refractivity contribution in [1.82, 2.24) is 0 Å². The lowest BCUT2D eigenvalue weighted by atomic mass is 9.77. The number of hydrogen-bond acceptors (Lipinski definition) is 2. The summed E-state index contributed by atoms with van der Waals surface area (Å²) in [5.74, 6) is 0.736. The van der Waals surface area contributed by atoms with Gasteiger partial charge in [-0.25, -0.2) is 0 Å². The molecular weight excluding hydrogens is 310 g/mol. The molecule has 1 aromatic carbocycles. The van der Waals surface area contributed by atoms with E-state index < -0.39 is 0 Å². The van der Waals surface area contributed by atoms with Crippen LogP contribution in [0.4, 0.5) is 5.69 Å². The van der Waals surface area contributed by atoms with Crippen LogP contribution in [0.3, 0.4) is 0 Å². The molecule has 1 saturated carbocycles. The maximum absolute atomic E-state index is 6.26. The Morgan fingerprint density at radius 3 is 2.59 bits per heavy atom. The molecule has 3 heteroatoms. The Kier molecular flexibility index (Phi) is 5.90. The van der Waals surface area contributed by atoms with Crippen LogP contribution in [0.15, 0.2) is 29.3 Å². The molecule has 0 unspecified atom stereocenters. The van der Waals surface area contributed by atoms with Crippen LogP contribution in [0, 0.1) is 18.3 Å². The van der Waals surface area contributed by atoms with Gasteiger partial charge in [0.1, 0.15) is 0 Å². The van der Waals surface area contributed by atoms with Crippen molar-refractivity contribution in [3.05, 3.63) is 35.0 Å². The molecular formula is C19H28ClNS. The highest BCUT2D eigenvalue weighted by Crippen LogP contribution is 2.48. The van der Waals surface area contributed by atoms with E-state index in [0.29, 0.717) is 0 Å². The quantitative estimate of drug-likeness (QED) is 0.540. The Balaban J connectivity index is 2.16. The molecule has 1 nitrogen and oxygen atoms in total. The summed E-state index contributed by atoms with van der Waals surface area (Å²) in [6.07, 6.45) is 7.57. The van der Waals surface area contributed by atoms with Crippen LogP contribution in [0.2, 0.25) is 5.02 Å². The Morgan fingerprint density at radius 1 is 1.36 bits per heavy atom. The summed E-state index contributed by atoms with van der Waals surface area (Å²) in [4.78, 5) is 0.931. The highest BCUT2D eigenvalue weighted by molar-refractivity contribution is 7.80. The van der Waals surface area contributed by atoms with Crippen LogP contribution in [0.25, 0.3) is 0 Å². The first-order chi connectivity index (χ1) is 10.3. The number of nitrogens with one attached hydrogen (secondary N) is 1. The van der Waals surface area contributed by atoms with Gasteiger partial charge in [-0.3, -0.25) is 0 Å². The van der Waals surface area contributed by atoms with E-state index in [0.717, 1.165) is 32.8 Å². The number of halogens is 1. The van der Waals surface area contributed by atoms with Crippen LogP contribution < -0.4 is 5.32 Å². The van der Waals surface area contributed by atoms with E-state index in [1.165, 1.54) is 38.5 Å². The first-order valence-electron chi connectivity index (χ1n) is 8.29. The SMILES string of the molecule is C=C(Nc1cc(Cl)c(C)cc1S)C1(CCC(C)C)CCCC1. The van der Waals surface area contributed by atoms with Gasteiger partial charge >= 0.3 is 0 Å². The number of anilines is 1. The molecule has 0 saturated heterocycles. The van der Waals surface area contributed by atoms with Gasteiger partial charge in [0.05, 0.1) is 5.69 Å². The summed E-state index contributed by atoms with van der Waals surface area (Å²) in [6, 6.07) is 3.98. The van der Waals surface area contributed by atoms with Crippen molar-refractivity contribution in [3.63, 3.8) is 0 Å². The Bertz CT molecular complexity index is 545. The number of benzene rings is 1. The van der Waals surface area contributed by atoms with Crippen molar-refractivity contribution in [1.29, 1.82) is 0 Å². The molecule has 0 spiro atoms. The van der Waals surface area contributed by atoms with Crippen molar-refractivity contribution in [2.45, 2.75) is 64.2 Å². The first-order valence-corrected chi connectivity index (χ1v) is 9.12. The Morgan fingerprint density at radius 2 is 2.00 bits per heavy atom. The van der Waals surface area contributed by atoms with Crippen LogP contribution >= 0.6 is 24.2 Å². The zero-order valence-electron chi connectivity index (χ0n) is 14.0. The largest absolute Gasteiger partial charge is 0.358 e. The smallest absolute Gasteiger partial charge is 0.0532 e. The molecule has 122 valence electrons. The third-order valence-electron chi connectivity index (χ3n) is 4.96. The van der Waals surface area contributed by atoms with Gasteiger partial charge in [-0.2, -0.15) is 0 Å². The summed E-state index contributed by atoms with van der Waals surface area (Å²) in [5, 5.41) is 4.30. The van der Waals surface area contributed by atoms with Gasteiger partial charge in [0, 0.05) is 21.0 Å². The molecule has 1 aliphatic rings. The summed E-state index contributed by atoms with van der Waals surface area (Å²) in [5.41, 5.74) is 3.40. The van der Waals surface area contributed by atoms with Gasteiger partial charge in [-0.15, -0.1) is 12.6 Å². The summed E-state index contributed by atoms with van der Waals surface area (Å²) in [7, 11) is 0. The zero-order valence-corrected chi connectivity index (χ0v) is 15.7. The van der Waals surface area contributed by atoms with E-state index in [9.17, 15) is 0 Å². The molecule has 0 amide bonds. The van der Waals surface area contributed by atoms with Crippen molar-refractivity contribution in [2.75, 3.05) is 5.32 Å². The minimum atomic E-state index is 0.238. The maximum Gasteiger partial charge on any atom is 0.0532 e. The predicted octanol–water partition coefficient (Wildman–Crippen LogP) is 6.86. The molecule has 2 rings (SSSR count). The van der Waals surface area contributed by atoms with E-state index in [4.69, 9.17) is 11.6 Å².